The van der Waals surface area contributed by atoms with Crippen LogP contribution in [-0.4, -0.2) is 43.1 Å². The quantitative estimate of drug-likeness (QED) is 0.863. The number of ether oxygens (including phenoxy) is 2. The van der Waals surface area contributed by atoms with E-state index >= 15 is 0 Å². The van der Waals surface area contributed by atoms with E-state index in [4.69, 9.17) is 15.2 Å². The highest BCUT2D eigenvalue weighted by molar-refractivity contribution is 5.90. The normalized spacial score (nSPS) is 21.2. The Morgan fingerprint density at radius 3 is 2.50 bits per heavy atom. The average molecular weight is 359 g/mol. The van der Waals surface area contributed by atoms with Crippen LogP contribution < -0.4 is 20.5 Å². The molecular weight excluding hydrogens is 334 g/mol. The minimum atomic E-state index is -0.436. The van der Waals surface area contributed by atoms with Gasteiger partial charge in [0.2, 0.25) is 5.91 Å². The summed E-state index contributed by atoms with van der Waals surface area (Å²) in [4.78, 5) is 26.4. The van der Waals surface area contributed by atoms with E-state index in [1.54, 1.807) is 23.1 Å². The van der Waals surface area contributed by atoms with Crippen molar-refractivity contribution in [2.45, 2.75) is 32.1 Å². The highest BCUT2D eigenvalue weighted by Crippen LogP contribution is 2.45. The standard InChI is InChI=1S/C19H25N3O4/c20-17(23)19(12-13-1-2-13)5-7-22(8-6-19)18(24)21-14-3-4-15-16(11-14)26-10-9-25-15/h3-4,11,13H,1-2,5-10,12H2,(H2,20,23)(H,21,24). The van der Waals surface area contributed by atoms with Crippen molar-refractivity contribution in [1.29, 1.82) is 0 Å². The summed E-state index contributed by atoms with van der Waals surface area (Å²) in [5.41, 5.74) is 5.94. The fourth-order valence-electron chi connectivity index (χ4n) is 3.89. The lowest BCUT2D eigenvalue weighted by Crippen LogP contribution is -2.50. The van der Waals surface area contributed by atoms with Gasteiger partial charge in [-0.2, -0.15) is 0 Å². The number of hydrogen-bond acceptors (Lipinski definition) is 4. The van der Waals surface area contributed by atoms with Crippen LogP contribution >= 0.6 is 0 Å². The molecule has 1 saturated heterocycles. The molecule has 3 amide bonds. The molecule has 0 radical (unpaired) electrons. The highest BCUT2D eigenvalue weighted by atomic mass is 16.6. The number of hydrogen-bond donors (Lipinski definition) is 2. The third kappa shape index (κ3) is 3.43. The Bertz CT molecular complexity index is 709. The summed E-state index contributed by atoms with van der Waals surface area (Å²) < 4.78 is 11.0. The molecule has 0 spiro atoms. The first-order chi connectivity index (χ1) is 12.6. The van der Waals surface area contributed by atoms with E-state index in [-0.39, 0.29) is 11.9 Å². The Balaban J connectivity index is 1.36. The predicted molar refractivity (Wildman–Crippen MR) is 96.2 cm³/mol. The molecule has 2 aliphatic heterocycles. The number of rotatable bonds is 4. The molecule has 7 nitrogen and oxygen atoms in total. The van der Waals surface area contributed by atoms with E-state index in [9.17, 15) is 9.59 Å². The zero-order valence-corrected chi connectivity index (χ0v) is 14.8. The summed E-state index contributed by atoms with van der Waals surface area (Å²) in [6, 6.07) is 5.22. The molecule has 3 aliphatic rings. The van der Waals surface area contributed by atoms with Crippen molar-refractivity contribution in [3.05, 3.63) is 18.2 Å². The van der Waals surface area contributed by atoms with Crippen LogP contribution in [0.4, 0.5) is 10.5 Å². The number of carbonyl (C=O) groups is 2. The first kappa shape index (κ1) is 17.0. The van der Waals surface area contributed by atoms with Gasteiger partial charge in [-0.05, 0) is 37.3 Å². The Kier molecular flexibility index (Phi) is 4.38. The first-order valence-corrected chi connectivity index (χ1v) is 9.31. The Morgan fingerprint density at radius 1 is 1.15 bits per heavy atom. The van der Waals surface area contributed by atoms with Crippen molar-refractivity contribution in [3.8, 4) is 11.5 Å². The van der Waals surface area contributed by atoms with Gasteiger partial charge in [0.1, 0.15) is 13.2 Å². The smallest absolute Gasteiger partial charge is 0.321 e. The second-order valence-corrected chi connectivity index (χ2v) is 7.57. The number of benzene rings is 1. The lowest BCUT2D eigenvalue weighted by molar-refractivity contribution is -0.130. The number of nitrogens with two attached hydrogens (primary N) is 1. The molecule has 7 heteroatoms. The molecule has 1 saturated carbocycles. The van der Waals surface area contributed by atoms with Gasteiger partial charge in [0.05, 0.1) is 5.41 Å². The molecule has 26 heavy (non-hydrogen) atoms. The first-order valence-electron chi connectivity index (χ1n) is 9.31. The number of amides is 3. The van der Waals surface area contributed by atoms with Crippen LogP contribution in [0, 0.1) is 11.3 Å². The fourth-order valence-corrected chi connectivity index (χ4v) is 3.89. The molecule has 0 atom stereocenters. The molecule has 1 aromatic rings. The maximum atomic E-state index is 12.6. The topological polar surface area (TPSA) is 93.9 Å². The molecule has 1 aliphatic carbocycles. The molecule has 3 N–H and O–H groups in total. The molecule has 140 valence electrons. The number of nitrogens with one attached hydrogen (secondary N) is 1. The molecule has 4 rings (SSSR count). The van der Waals surface area contributed by atoms with E-state index < -0.39 is 5.41 Å². The van der Waals surface area contributed by atoms with E-state index in [0.29, 0.717) is 62.2 Å². The average Bonchev–Trinajstić information content (AvgIpc) is 3.46. The summed E-state index contributed by atoms with van der Waals surface area (Å²) in [6.07, 6.45) is 4.56. The van der Waals surface area contributed by atoms with Crippen molar-refractivity contribution in [2.75, 3.05) is 31.6 Å². The third-order valence-electron chi connectivity index (χ3n) is 5.70. The Labute approximate surface area is 152 Å². The van der Waals surface area contributed by atoms with Gasteiger partial charge in [-0.3, -0.25) is 4.79 Å². The molecule has 0 aromatic heterocycles. The van der Waals surface area contributed by atoms with E-state index in [1.165, 1.54) is 12.8 Å². The highest BCUT2D eigenvalue weighted by Gasteiger charge is 2.44. The number of anilines is 1. The van der Waals surface area contributed by atoms with E-state index in [1.807, 2.05) is 0 Å². The SMILES string of the molecule is NC(=O)C1(CC2CC2)CCN(C(=O)Nc2ccc3c(c2)OCCO3)CC1. The molecule has 2 fully saturated rings. The summed E-state index contributed by atoms with van der Waals surface area (Å²) >= 11 is 0. The number of likely N-dealkylation sites (tertiary alicyclic amines) is 1. The lowest BCUT2D eigenvalue weighted by Gasteiger charge is -2.39. The van der Waals surface area contributed by atoms with Gasteiger partial charge >= 0.3 is 6.03 Å². The van der Waals surface area contributed by atoms with Crippen molar-refractivity contribution >= 4 is 17.6 Å². The predicted octanol–water partition coefficient (Wildman–Crippen LogP) is 2.36. The number of urea groups is 1. The van der Waals surface area contributed by atoms with Crippen LogP contribution in [0.25, 0.3) is 0 Å². The number of fused-ring (bicyclic) bond motifs is 1. The van der Waals surface area contributed by atoms with Gasteiger partial charge in [-0.25, -0.2) is 4.79 Å². The molecule has 1 aromatic carbocycles. The summed E-state index contributed by atoms with van der Waals surface area (Å²) in [6.45, 7) is 2.14. The fraction of sp³-hybridized carbons (Fsp3) is 0.579. The van der Waals surface area contributed by atoms with Crippen molar-refractivity contribution in [1.82, 2.24) is 4.90 Å². The number of piperidine rings is 1. The number of nitrogens with zero attached hydrogens (tertiary/aromatic N) is 1. The molecule has 0 bridgehead atoms. The summed E-state index contributed by atoms with van der Waals surface area (Å²) in [5, 5.41) is 2.91. The van der Waals surface area contributed by atoms with Crippen molar-refractivity contribution < 1.29 is 19.1 Å². The van der Waals surface area contributed by atoms with Crippen LogP contribution in [0.5, 0.6) is 11.5 Å². The summed E-state index contributed by atoms with van der Waals surface area (Å²) in [7, 11) is 0. The Morgan fingerprint density at radius 2 is 1.85 bits per heavy atom. The molecular formula is C19H25N3O4. The van der Waals surface area contributed by atoms with Crippen LogP contribution in [0.15, 0.2) is 18.2 Å². The second-order valence-electron chi connectivity index (χ2n) is 7.57. The van der Waals surface area contributed by atoms with Gasteiger partial charge in [-0.15, -0.1) is 0 Å². The third-order valence-corrected chi connectivity index (χ3v) is 5.70. The number of carbonyl (C=O) groups excluding carboxylic acids is 2. The van der Waals surface area contributed by atoms with Gasteiger partial charge < -0.3 is 25.4 Å². The monoisotopic (exact) mass is 359 g/mol. The lowest BCUT2D eigenvalue weighted by atomic mass is 9.73. The second kappa shape index (κ2) is 6.70. The maximum Gasteiger partial charge on any atom is 0.321 e. The largest absolute Gasteiger partial charge is 0.486 e. The summed E-state index contributed by atoms with van der Waals surface area (Å²) in [5.74, 6) is 1.76. The minimum Gasteiger partial charge on any atom is -0.486 e. The van der Waals surface area contributed by atoms with Crippen LogP contribution in [0.3, 0.4) is 0 Å². The van der Waals surface area contributed by atoms with Gasteiger partial charge in [0.15, 0.2) is 11.5 Å². The van der Waals surface area contributed by atoms with Gasteiger partial charge in [0, 0.05) is 24.8 Å². The van der Waals surface area contributed by atoms with Crippen molar-refractivity contribution in [2.24, 2.45) is 17.1 Å². The van der Waals surface area contributed by atoms with Gasteiger partial charge in [-0.1, -0.05) is 12.8 Å². The van der Waals surface area contributed by atoms with Crippen LogP contribution in [-0.2, 0) is 4.79 Å². The molecule has 0 unspecified atom stereocenters. The maximum absolute atomic E-state index is 12.6. The zero-order chi connectivity index (χ0) is 18.1. The van der Waals surface area contributed by atoms with Crippen LogP contribution in [0.2, 0.25) is 0 Å². The van der Waals surface area contributed by atoms with E-state index in [2.05, 4.69) is 5.32 Å². The zero-order valence-electron chi connectivity index (χ0n) is 14.8. The van der Waals surface area contributed by atoms with Gasteiger partial charge in [0.25, 0.3) is 0 Å². The van der Waals surface area contributed by atoms with Crippen LogP contribution in [0.1, 0.15) is 32.1 Å². The minimum absolute atomic E-state index is 0.161. The Hall–Kier alpha value is -2.44. The molecule has 2 heterocycles. The van der Waals surface area contributed by atoms with Crippen molar-refractivity contribution in [3.63, 3.8) is 0 Å². The number of primary amides is 1. The van der Waals surface area contributed by atoms with E-state index in [0.717, 1.165) is 6.42 Å².